The number of furan rings is 1. The standard InChI is InChI=1S/C24H24N2O5S/c1-14-9-15(2)22-18(10-14)25-24(32-22)26(13-17-7-6-8-31-17)23(27)16-11-19(28-3)21(30-5)20(12-16)29-4/h6-12H,13H2,1-5H3. The maximum absolute atomic E-state index is 13.7. The number of nitrogens with zero attached hydrogens (tertiary/aromatic N) is 2. The number of hydrogen-bond acceptors (Lipinski definition) is 7. The lowest BCUT2D eigenvalue weighted by molar-refractivity contribution is 0.0982. The van der Waals surface area contributed by atoms with E-state index in [1.807, 2.05) is 19.1 Å². The van der Waals surface area contributed by atoms with Crippen molar-refractivity contribution >= 4 is 32.6 Å². The van der Waals surface area contributed by atoms with E-state index in [0.717, 1.165) is 21.3 Å². The molecule has 0 unspecified atom stereocenters. The monoisotopic (exact) mass is 452 g/mol. The largest absolute Gasteiger partial charge is 0.493 e. The predicted octanol–water partition coefficient (Wildman–Crippen LogP) is 5.38. The first-order chi connectivity index (χ1) is 15.4. The van der Waals surface area contributed by atoms with Gasteiger partial charge in [0.2, 0.25) is 5.75 Å². The minimum absolute atomic E-state index is 0.236. The number of hydrogen-bond donors (Lipinski definition) is 0. The third-order valence-electron chi connectivity index (χ3n) is 5.09. The zero-order valence-electron chi connectivity index (χ0n) is 18.6. The van der Waals surface area contributed by atoms with Crippen LogP contribution in [0.15, 0.2) is 47.1 Å². The quantitative estimate of drug-likeness (QED) is 0.375. The van der Waals surface area contributed by atoms with E-state index in [-0.39, 0.29) is 12.5 Å². The molecule has 0 radical (unpaired) electrons. The van der Waals surface area contributed by atoms with Crippen LogP contribution in [0.25, 0.3) is 10.2 Å². The average Bonchev–Trinajstić information content (AvgIpc) is 3.45. The second-order valence-corrected chi connectivity index (χ2v) is 8.29. The van der Waals surface area contributed by atoms with Gasteiger partial charge in [-0.05, 0) is 55.3 Å². The van der Waals surface area contributed by atoms with E-state index < -0.39 is 0 Å². The van der Waals surface area contributed by atoms with E-state index in [1.54, 1.807) is 29.4 Å². The van der Waals surface area contributed by atoms with Crippen LogP contribution in [0.1, 0.15) is 27.2 Å². The molecule has 4 aromatic rings. The van der Waals surface area contributed by atoms with Crippen LogP contribution in [0, 0.1) is 13.8 Å². The van der Waals surface area contributed by atoms with E-state index in [2.05, 4.69) is 13.0 Å². The summed E-state index contributed by atoms with van der Waals surface area (Å²) in [6, 6.07) is 11.0. The molecular formula is C24H24N2O5S. The van der Waals surface area contributed by atoms with Gasteiger partial charge in [-0.1, -0.05) is 17.4 Å². The van der Waals surface area contributed by atoms with Gasteiger partial charge < -0.3 is 18.6 Å². The predicted molar refractivity (Wildman–Crippen MR) is 124 cm³/mol. The number of ether oxygens (including phenoxy) is 3. The third-order valence-corrected chi connectivity index (χ3v) is 6.32. The summed E-state index contributed by atoms with van der Waals surface area (Å²) < 4.78 is 22.8. The number of anilines is 1. The fraction of sp³-hybridized carbons (Fsp3) is 0.250. The molecule has 0 saturated heterocycles. The number of amides is 1. The van der Waals surface area contributed by atoms with Gasteiger partial charge in [0.05, 0.1) is 44.4 Å². The van der Waals surface area contributed by atoms with Crippen molar-refractivity contribution in [1.82, 2.24) is 4.98 Å². The zero-order valence-corrected chi connectivity index (χ0v) is 19.4. The Morgan fingerprint density at radius 1 is 1.06 bits per heavy atom. The van der Waals surface area contributed by atoms with E-state index >= 15 is 0 Å². The lowest BCUT2D eigenvalue weighted by Gasteiger charge is -2.20. The fourth-order valence-corrected chi connectivity index (χ4v) is 4.64. The van der Waals surface area contributed by atoms with Gasteiger partial charge in [0.1, 0.15) is 5.76 Å². The van der Waals surface area contributed by atoms with Crippen LogP contribution in [0.2, 0.25) is 0 Å². The lowest BCUT2D eigenvalue weighted by Crippen LogP contribution is -2.30. The summed E-state index contributed by atoms with van der Waals surface area (Å²) in [5.74, 6) is 1.63. The molecule has 0 fully saturated rings. The number of fused-ring (bicyclic) bond motifs is 1. The number of methoxy groups -OCH3 is 3. The van der Waals surface area contributed by atoms with Crippen molar-refractivity contribution in [3.8, 4) is 17.2 Å². The molecule has 0 atom stereocenters. The minimum atomic E-state index is -0.255. The number of rotatable bonds is 7. The van der Waals surface area contributed by atoms with Gasteiger partial charge in [0.15, 0.2) is 16.6 Å². The van der Waals surface area contributed by atoms with Crippen LogP contribution in [-0.2, 0) is 6.54 Å². The molecule has 0 aliphatic rings. The Bertz CT molecular complexity index is 1240. The highest BCUT2D eigenvalue weighted by atomic mass is 32.1. The van der Waals surface area contributed by atoms with Gasteiger partial charge in [0, 0.05) is 5.56 Å². The SMILES string of the molecule is COc1cc(C(=O)N(Cc2ccco2)c2nc3cc(C)cc(C)c3s2)cc(OC)c1OC. The number of aromatic nitrogens is 1. The highest BCUT2D eigenvalue weighted by Gasteiger charge is 2.26. The van der Waals surface area contributed by atoms with Crippen LogP contribution in [0.5, 0.6) is 17.2 Å². The van der Waals surface area contributed by atoms with Gasteiger partial charge in [-0.2, -0.15) is 0 Å². The highest BCUT2D eigenvalue weighted by molar-refractivity contribution is 7.22. The van der Waals surface area contributed by atoms with Crippen molar-refractivity contribution in [1.29, 1.82) is 0 Å². The van der Waals surface area contributed by atoms with Crippen LogP contribution in [-0.4, -0.2) is 32.2 Å². The summed E-state index contributed by atoms with van der Waals surface area (Å²) in [6.45, 7) is 4.32. The summed E-state index contributed by atoms with van der Waals surface area (Å²) in [6.07, 6.45) is 1.59. The first-order valence-electron chi connectivity index (χ1n) is 9.97. The van der Waals surface area contributed by atoms with Crippen molar-refractivity contribution in [3.05, 3.63) is 65.1 Å². The Hall–Kier alpha value is -3.52. The van der Waals surface area contributed by atoms with Gasteiger partial charge in [-0.3, -0.25) is 9.69 Å². The number of benzene rings is 2. The molecule has 0 N–H and O–H groups in total. The van der Waals surface area contributed by atoms with Gasteiger partial charge in [-0.25, -0.2) is 4.98 Å². The maximum Gasteiger partial charge on any atom is 0.260 e. The molecule has 0 aliphatic heterocycles. The van der Waals surface area contributed by atoms with Crippen LogP contribution < -0.4 is 19.1 Å². The van der Waals surface area contributed by atoms with Crippen LogP contribution in [0.3, 0.4) is 0 Å². The van der Waals surface area contributed by atoms with Crippen molar-refractivity contribution < 1.29 is 23.4 Å². The Morgan fingerprint density at radius 2 is 1.78 bits per heavy atom. The van der Waals surface area contributed by atoms with Crippen molar-refractivity contribution in [2.24, 2.45) is 0 Å². The molecule has 2 aromatic carbocycles. The van der Waals surface area contributed by atoms with Crippen molar-refractivity contribution in [2.45, 2.75) is 20.4 Å². The number of thiazole rings is 1. The summed E-state index contributed by atoms with van der Waals surface area (Å²) in [5.41, 5.74) is 3.50. The van der Waals surface area contributed by atoms with Crippen LogP contribution in [0.4, 0.5) is 5.13 Å². The smallest absolute Gasteiger partial charge is 0.260 e. The summed E-state index contributed by atoms with van der Waals surface area (Å²) in [4.78, 5) is 20.1. The van der Waals surface area contributed by atoms with E-state index in [1.165, 1.54) is 32.7 Å². The molecule has 0 spiro atoms. The number of carbonyl (C=O) groups excluding carboxylic acids is 1. The fourth-order valence-electron chi connectivity index (χ4n) is 3.63. The zero-order chi connectivity index (χ0) is 22.8. The minimum Gasteiger partial charge on any atom is -0.493 e. The molecule has 7 nitrogen and oxygen atoms in total. The highest BCUT2D eigenvalue weighted by Crippen LogP contribution is 2.39. The van der Waals surface area contributed by atoms with Crippen LogP contribution >= 0.6 is 11.3 Å². The van der Waals surface area contributed by atoms with Gasteiger partial charge in [0.25, 0.3) is 5.91 Å². The molecule has 32 heavy (non-hydrogen) atoms. The van der Waals surface area contributed by atoms with Crippen molar-refractivity contribution in [2.75, 3.05) is 26.2 Å². The summed E-state index contributed by atoms with van der Waals surface area (Å²) >= 11 is 1.48. The van der Waals surface area contributed by atoms with Crippen molar-refractivity contribution in [3.63, 3.8) is 0 Å². The molecule has 2 heterocycles. The first-order valence-corrected chi connectivity index (χ1v) is 10.8. The lowest BCUT2D eigenvalue weighted by atomic mass is 10.1. The molecule has 0 saturated carbocycles. The maximum atomic E-state index is 13.7. The molecule has 0 aliphatic carbocycles. The molecular weight excluding hydrogens is 428 g/mol. The second kappa shape index (κ2) is 8.92. The summed E-state index contributed by atoms with van der Waals surface area (Å²) in [5, 5.41) is 0.587. The summed E-state index contributed by atoms with van der Waals surface area (Å²) in [7, 11) is 4.56. The Morgan fingerprint density at radius 3 is 2.38 bits per heavy atom. The molecule has 2 aromatic heterocycles. The molecule has 8 heteroatoms. The number of aryl methyl sites for hydroxylation is 2. The second-order valence-electron chi connectivity index (χ2n) is 7.31. The normalized spacial score (nSPS) is 10.9. The molecule has 0 bridgehead atoms. The topological polar surface area (TPSA) is 74.0 Å². The average molecular weight is 453 g/mol. The molecule has 4 rings (SSSR count). The van der Waals surface area contributed by atoms with E-state index in [4.69, 9.17) is 23.6 Å². The Labute approximate surface area is 190 Å². The van der Waals surface area contributed by atoms with E-state index in [9.17, 15) is 4.79 Å². The van der Waals surface area contributed by atoms with E-state index in [0.29, 0.717) is 33.7 Å². The molecule has 166 valence electrons. The first kappa shape index (κ1) is 21.7. The molecule has 1 amide bonds. The Kier molecular flexibility index (Phi) is 6.05. The van der Waals surface area contributed by atoms with Gasteiger partial charge in [-0.15, -0.1) is 0 Å². The Balaban J connectivity index is 1.83. The van der Waals surface area contributed by atoms with Gasteiger partial charge >= 0.3 is 0 Å². The number of carbonyl (C=O) groups is 1. The third kappa shape index (κ3) is 4.01.